The summed E-state index contributed by atoms with van der Waals surface area (Å²) in [5.74, 6) is -1.29. The molecule has 0 bridgehead atoms. The number of hydrogen-bond acceptors (Lipinski definition) is 3. The van der Waals surface area contributed by atoms with E-state index in [1.165, 1.54) is 0 Å². The molecule has 4 heteroatoms. The third-order valence-electron chi connectivity index (χ3n) is 3.93. The van der Waals surface area contributed by atoms with Gasteiger partial charge >= 0.3 is 0 Å². The van der Waals surface area contributed by atoms with E-state index in [0.29, 0.717) is 0 Å². The standard InChI is InChI=1S/C17H16O3S/c18-17-15(13-7-3-1-4-8-13)11-21(19,20)12-16(17)14-9-5-2-6-10-14/h1-10,15-16H,11-12H2/t15-,16-/m0/s1. The van der Waals surface area contributed by atoms with Crippen LogP contribution in [0, 0.1) is 0 Å². The Kier molecular flexibility index (Phi) is 3.64. The molecule has 3 rings (SSSR count). The Morgan fingerprint density at radius 1 is 0.714 bits per heavy atom. The van der Waals surface area contributed by atoms with Crippen LogP contribution in [0.1, 0.15) is 23.0 Å². The van der Waals surface area contributed by atoms with Crippen LogP contribution in [0.25, 0.3) is 0 Å². The molecule has 0 saturated carbocycles. The van der Waals surface area contributed by atoms with Crippen molar-refractivity contribution in [3.63, 3.8) is 0 Å². The molecule has 1 saturated heterocycles. The lowest BCUT2D eigenvalue weighted by Gasteiger charge is -2.28. The van der Waals surface area contributed by atoms with Gasteiger partial charge in [-0.15, -0.1) is 0 Å². The number of Topliss-reactive ketones (excluding diaryl/α,β-unsaturated/α-hetero) is 1. The van der Waals surface area contributed by atoms with Crippen molar-refractivity contribution in [1.29, 1.82) is 0 Å². The highest BCUT2D eigenvalue weighted by atomic mass is 32.2. The quantitative estimate of drug-likeness (QED) is 0.856. The molecular weight excluding hydrogens is 284 g/mol. The molecule has 21 heavy (non-hydrogen) atoms. The van der Waals surface area contributed by atoms with Crippen LogP contribution < -0.4 is 0 Å². The molecule has 2 aromatic carbocycles. The summed E-state index contributed by atoms with van der Waals surface area (Å²) in [6.07, 6.45) is 0. The average Bonchev–Trinajstić information content (AvgIpc) is 2.51. The van der Waals surface area contributed by atoms with E-state index in [0.717, 1.165) is 11.1 Å². The number of carbonyl (C=O) groups is 1. The van der Waals surface area contributed by atoms with E-state index >= 15 is 0 Å². The van der Waals surface area contributed by atoms with E-state index in [2.05, 4.69) is 0 Å². The van der Waals surface area contributed by atoms with Crippen LogP contribution in [-0.4, -0.2) is 25.7 Å². The van der Waals surface area contributed by atoms with Crippen molar-refractivity contribution < 1.29 is 13.2 Å². The van der Waals surface area contributed by atoms with Crippen LogP contribution in [0.2, 0.25) is 0 Å². The average molecular weight is 300 g/mol. The van der Waals surface area contributed by atoms with Crippen molar-refractivity contribution in [3.8, 4) is 0 Å². The zero-order valence-electron chi connectivity index (χ0n) is 11.5. The Labute approximate surface area is 124 Å². The summed E-state index contributed by atoms with van der Waals surface area (Å²) in [6.45, 7) is 0. The highest BCUT2D eigenvalue weighted by molar-refractivity contribution is 7.91. The fourth-order valence-corrected chi connectivity index (χ4v) is 4.74. The number of ketones is 1. The van der Waals surface area contributed by atoms with Gasteiger partial charge < -0.3 is 0 Å². The molecule has 1 heterocycles. The van der Waals surface area contributed by atoms with E-state index in [1.54, 1.807) is 0 Å². The van der Waals surface area contributed by atoms with E-state index in [9.17, 15) is 13.2 Å². The number of rotatable bonds is 2. The van der Waals surface area contributed by atoms with Crippen LogP contribution in [0.3, 0.4) is 0 Å². The van der Waals surface area contributed by atoms with Gasteiger partial charge in [-0.3, -0.25) is 4.79 Å². The molecule has 2 aromatic rings. The lowest BCUT2D eigenvalue weighted by Crippen LogP contribution is -2.37. The van der Waals surface area contributed by atoms with Crippen molar-refractivity contribution in [2.24, 2.45) is 0 Å². The van der Waals surface area contributed by atoms with E-state index in [1.807, 2.05) is 60.7 Å². The normalized spacial score (nSPS) is 24.7. The molecule has 0 unspecified atom stereocenters. The van der Waals surface area contributed by atoms with Crippen LogP contribution in [0.5, 0.6) is 0 Å². The molecule has 3 nitrogen and oxygen atoms in total. The summed E-state index contributed by atoms with van der Waals surface area (Å²) in [6, 6.07) is 18.4. The molecule has 1 aliphatic heterocycles. The van der Waals surface area contributed by atoms with Crippen molar-refractivity contribution >= 4 is 15.6 Å². The second kappa shape index (κ2) is 5.45. The maximum atomic E-state index is 12.7. The summed E-state index contributed by atoms with van der Waals surface area (Å²) >= 11 is 0. The topological polar surface area (TPSA) is 51.2 Å². The molecule has 0 radical (unpaired) electrons. The Morgan fingerprint density at radius 2 is 1.10 bits per heavy atom. The van der Waals surface area contributed by atoms with Gasteiger partial charge in [0, 0.05) is 0 Å². The van der Waals surface area contributed by atoms with Gasteiger partial charge in [-0.25, -0.2) is 8.42 Å². The summed E-state index contributed by atoms with van der Waals surface area (Å²) in [7, 11) is -3.23. The SMILES string of the molecule is O=C1[C@H](c2ccccc2)CS(=O)(=O)C[C@H]1c1ccccc1. The van der Waals surface area contributed by atoms with Crippen molar-refractivity contribution in [2.45, 2.75) is 11.8 Å². The van der Waals surface area contributed by atoms with Gasteiger partial charge in [0.2, 0.25) is 0 Å². The molecule has 0 amide bonds. The first kappa shape index (κ1) is 14.0. The minimum Gasteiger partial charge on any atom is -0.298 e. The fraction of sp³-hybridized carbons (Fsp3) is 0.235. The molecule has 2 atom stereocenters. The third kappa shape index (κ3) is 2.90. The third-order valence-corrected chi connectivity index (χ3v) is 5.61. The van der Waals surface area contributed by atoms with Gasteiger partial charge in [0.05, 0.1) is 23.3 Å². The predicted octanol–water partition coefficient (Wildman–Crippen LogP) is 2.55. The first-order valence-electron chi connectivity index (χ1n) is 6.91. The summed E-state index contributed by atoms with van der Waals surface area (Å²) < 4.78 is 24.4. The molecule has 0 spiro atoms. The van der Waals surface area contributed by atoms with E-state index < -0.39 is 21.7 Å². The first-order valence-corrected chi connectivity index (χ1v) is 8.73. The zero-order chi connectivity index (χ0) is 14.9. The molecular formula is C17H16O3S. The predicted molar refractivity (Wildman–Crippen MR) is 82.0 cm³/mol. The highest BCUT2D eigenvalue weighted by Crippen LogP contribution is 2.33. The lowest BCUT2D eigenvalue weighted by molar-refractivity contribution is -0.121. The minimum atomic E-state index is -3.23. The van der Waals surface area contributed by atoms with Gasteiger partial charge in [0.25, 0.3) is 0 Å². The van der Waals surface area contributed by atoms with Gasteiger partial charge in [0.15, 0.2) is 9.84 Å². The van der Waals surface area contributed by atoms with Gasteiger partial charge in [0.1, 0.15) is 5.78 Å². The smallest absolute Gasteiger partial charge is 0.152 e. The molecule has 1 fully saturated rings. The maximum absolute atomic E-state index is 12.7. The maximum Gasteiger partial charge on any atom is 0.152 e. The highest BCUT2D eigenvalue weighted by Gasteiger charge is 2.40. The fourth-order valence-electron chi connectivity index (χ4n) is 2.87. The second-order valence-electron chi connectivity index (χ2n) is 5.41. The molecule has 1 aliphatic rings. The summed E-state index contributed by atoms with van der Waals surface area (Å²) in [5.41, 5.74) is 1.57. The minimum absolute atomic E-state index is 0.00206. The van der Waals surface area contributed by atoms with Gasteiger partial charge in [-0.2, -0.15) is 0 Å². The largest absolute Gasteiger partial charge is 0.298 e. The lowest BCUT2D eigenvalue weighted by atomic mass is 9.85. The number of hydrogen-bond donors (Lipinski definition) is 0. The van der Waals surface area contributed by atoms with Crippen LogP contribution >= 0.6 is 0 Å². The molecule has 0 aromatic heterocycles. The number of benzene rings is 2. The van der Waals surface area contributed by atoms with Gasteiger partial charge in [-0.05, 0) is 11.1 Å². The van der Waals surface area contributed by atoms with Gasteiger partial charge in [-0.1, -0.05) is 60.7 Å². The Bertz CT molecular complexity index is 679. The van der Waals surface area contributed by atoms with Crippen molar-refractivity contribution in [1.82, 2.24) is 0 Å². The summed E-state index contributed by atoms with van der Waals surface area (Å²) in [5, 5.41) is 0. The number of carbonyl (C=O) groups excluding carboxylic acids is 1. The Hall–Kier alpha value is -1.94. The Balaban J connectivity index is 2.02. The zero-order valence-corrected chi connectivity index (χ0v) is 12.3. The Morgan fingerprint density at radius 3 is 1.48 bits per heavy atom. The van der Waals surface area contributed by atoms with Crippen LogP contribution in [0.4, 0.5) is 0 Å². The summed E-state index contributed by atoms with van der Waals surface area (Å²) in [4.78, 5) is 12.7. The molecule has 0 N–H and O–H groups in total. The van der Waals surface area contributed by atoms with Crippen LogP contribution in [0.15, 0.2) is 60.7 Å². The second-order valence-corrected chi connectivity index (χ2v) is 7.56. The van der Waals surface area contributed by atoms with E-state index in [4.69, 9.17) is 0 Å². The number of sulfone groups is 1. The molecule has 108 valence electrons. The van der Waals surface area contributed by atoms with Crippen molar-refractivity contribution in [3.05, 3.63) is 71.8 Å². The molecule has 0 aliphatic carbocycles. The van der Waals surface area contributed by atoms with Crippen molar-refractivity contribution in [2.75, 3.05) is 11.5 Å². The monoisotopic (exact) mass is 300 g/mol. The first-order chi connectivity index (χ1) is 10.1. The van der Waals surface area contributed by atoms with E-state index in [-0.39, 0.29) is 17.3 Å². The van der Waals surface area contributed by atoms with Crippen LogP contribution in [-0.2, 0) is 14.6 Å².